The van der Waals surface area contributed by atoms with E-state index in [-0.39, 0.29) is 6.10 Å². The lowest BCUT2D eigenvalue weighted by Gasteiger charge is -2.22. The van der Waals surface area contributed by atoms with Gasteiger partial charge in [-0.05, 0) is 32.6 Å². The van der Waals surface area contributed by atoms with Crippen molar-refractivity contribution in [1.29, 1.82) is 0 Å². The fourth-order valence-electron chi connectivity index (χ4n) is 1.77. The molecule has 6 nitrogen and oxygen atoms in total. The lowest BCUT2D eigenvalue weighted by Crippen LogP contribution is -2.29. The Morgan fingerprint density at radius 3 is 2.28 bits per heavy atom. The van der Waals surface area contributed by atoms with Crippen molar-refractivity contribution in [2.24, 2.45) is 0 Å². The van der Waals surface area contributed by atoms with Crippen molar-refractivity contribution in [3.63, 3.8) is 0 Å². The molecule has 0 aliphatic heterocycles. The van der Waals surface area contributed by atoms with Crippen LogP contribution in [-0.4, -0.2) is 35.7 Å². The molecular weight excluding hydrogens is 240 g/mol. The lowest BCUT2D eigenvalue weighted by molar-refractivity contribution is -0.177. The predicted octanol–water partition coefficient (Wildman–Crippen LogP) is 1.74. The molecule has 0 radical (unpaired) electrons. The highest BCUT2D eigenvalue weighted by molar-refractivity contribution is 5.74. The monoisotopic (exact) mass is 260 g/mol. The van der Waals surface area contributed by atoms with E-state index in [1.807, 2.05) is 0 Å². The van der Waals surface area contributed by atoms with E-state index in [9.17, 15) is 9.59 Å². The molecule has 1 aliphatic rings. The molecule has 0 heterocycles. The van der Waals surface area contributed by atoms with Crippen LogP contribution in [0, 0.1) is 0 Å². The molecule has 6 heteroatoms. The van der Waals surface area contributed by atoms with Crippen LogP contribution in [0.1, 0.15) is 46.0 Å². The first-order chi connectivity index (χ1) is 8.49. The van der Waals surface area contributed by atoms with Gasteiger partial charge in [-0.15, -0.1) is 0 Å². The Labute approximate surface area is 106 Å². The molecule has 18 heavy (non-hydrogen) atoms. The van der Waals surface area contributed by atoms with Crippen LogP contribution in [0.25, 0.3) is 0 Å². The van der Waals surface area contributed by atoms with Crippen LogP contribution in [0.5, 0.6) is 0 Å². The van der Waals surface area contributed by atoms with E-state index in [0.717, 1.165) is 32.1 Å². The number of aliphatic hydroxyl groups is 1. The third-order valence-corrected chi connectivity index (χ3v) is 2.70. The van der Waals surface area contributed by atoms with Crippen LogP contribution >= 0.6 is 0 Å². The smallest absolute Gasteiger partial charge is 0.431 e. The van der Waals surface area contributed by atoms with E-state index < -0.39 is 24.5 Å². The van der Waals surface area contributed by atoms with Gasteiger partial charge in [-0.3, -0.25) is 0 Å². The molecule has 2 atom stereocenters. The van der Waals surface area contributed by atoms with Crippen molar-refractivity contribution in [2.75, 3.05) is 0 Å². The quantitative estimate of drug-likeness (QED) is 0.612. The summed E-state index contributed by atoms with van der Waals surface area (Å²) in [5.41, 5.74) is 0. The minimum Gasteiger partial charge on any atom is -0.431 e. The first kappa shape index (κ1) is 14.8. The first-order valence-corrected chi connectivity index (χ1v) is 6.25. The zero-order chi connectivity index (χ0) is 13.5. The molecule has 1 rings (SSSR count). The second-order valence-corrected chi connectivity index (χ2v) is 4.43. The standard InChI is InChI=1S/C12H20O6/c1-8(13)11(14)16-9(2)17-12(15)18-10-6-4-3-5-7-10/h8-10,13H,3-7H2,1-2H3. The van der Waals surface area contributed by atoms with Crippen molar-refractivity contribution < 1.29 is 28.9 Å². The zero-order valence-electron chi connectivity index (χ0n) is 10.8. The summed E-state index contributed by atoms with van der Waals surface area (Å²) in [6.45, 7) is 2.66. The minimum atomic E-state index is -1.24. The Morgan fingerprint density at radius 1 is 1.11 bits per heavy atom. The number of aliphatic hydroxyl groups excluding tert-OH is 1. The van der Waals surface area contributed by atoms with Crippen molar-refractivity contribution in [2.45, 2.75) is 64.4 Å². The van der Waals surface area contributed by atoms with Gasteiger partial charge in [0.2, 0.25) is 6.29 Å². The number of carbonyl (C=O) groups is 2. The maximum absolute atomic E-state index is 11.4. The van der Waals surface area contributed by atoms with E-state index in [1.165, 1.54) is 13.8 Å². The highest BCUT2D eigenvalue weighted by Crippen LogP contribution is 2.20. The molecule has 1 saturated carbocycles. The Bertz CT molecular complexity index is 282. The molecule has 1 fully saturated rings. The van der Waals surface area contributed by atoms with Crippen molar-refractivity contribution in [3.05, 3.63) is 0 Å². The maximum atomic E-state index is 11.4. The summed E-state index contributed by atoms with van der Waals surface area (Å²) in [5, 5.41) is 8.92. The summed E-state index contributed by atoms with van der Waals surface area (Å²) in [5.74, 6) is -0.840. The number of carbonyl (C=O) groups excluding carboxylic acids is 2. The largest absolute Gasteiger partial charge is 0.511 e. The van der Waals surface area contributed by atoms with Crippen LogP contribution in [0.4, 0.5) is 4.79 Å². The van der Waals surface area contributed by atoms with E-state index in [4.69, 9.17) is 14.6 Å². The van der Waals surface area contributed by atoms with Crippen LogP contribution in [0.15, 0.2) is 0 Å². The van der Waals surface area contributed by atoms with Crippen molar-refractivity contribution in [3.8, 4) is 0 Å². The minimum absolute atomic E-state index is 0.106. The van der Waals surface area contributed by atoms with Gasteiger partial charge in [0.25, 0.3) is 0 Å². The SMILES string of the molecule is CC(OC(=O)OC1CCCCC1)OC(=O)C(C)O. The summed E-state index contributed by atoms with van der Waals surface area (Å²) in [7, 11) is 0. The van der Waals surface area contributed by atoms with E-state index in [2.05, 4.69) is 4.74 Å². The fourth-order valence-corrected chi connectivity index (χ4v) is 1.77. The number of hydrogen-bond donors (Lipinski definition) is 1. The Balaban J connectivity index is 2.24. The second kappa shape index (κ2) is 7.20. The fraction of sp³-hybridized carbons (Fsp3) is 0.833. The number of esters is 1. The Kier molecular flexibility index (Phi) is 5.91. The highest BCUT2D eigenvalue weighted by Gasteiger charge is 2.22. The van der Waals surface area contributed by atoms with Crippen LogP contribution in [0.3, 0.4) is 0 Å². The number of ether oxygens (including phenoxy) is 3. The van der Waals surface area contributed by atoms with E-state index in [0.29, 0.717) is 0 Å². The third kappa shape index (κ3) is 5.35. The summed E-state index contributed by atoms with van der Waals surface area (Å²) in [6.07, 6.45) is 1.69. The molecule has 0 aromatic rings. The summed E-state index contributed by atoms with van der Waals surface area (Å²) >= 11 is 0. The predicted molar refractivity (Wildman–Crippen MR) is 61.7 cm³/mol. The zero-order valence-corrected chi connectivity index (χ0v) is 10.8. The maximum Gasteiger partial charge on any atom is 0.511 e. The van der Waals surface area contributed by atoms with Gasteiger partial charge in [-0.1, -0.05) is 6.42 Å². The molecule has 1 aliphatic carbocycles. The molecule has 2 unspecified atom stereocenters. The van der Waals surface area contributed by atoms with Crippen LogP contribution in [-0.2, 0) is 19.0 Å². The van der Waals surface area contributed by atoms with E-state index in [1.54, 1.807) is 0 Å². The molecular formula is C12H20O6. The van der Waals surface area contributed by atoms with Crippen LogP contribution < -0.4 is 0 Å². The molecule has 0 bridgehead atoms. The average molecular weight is 260 g/mol. The molecule has 104 valence electrons. The molecule has 1 N–H and O–H groups in total. The second-order valence-electron chi connectivity index (χ2n) is 4.43. The van der Waals surface area contributed by atoms with Gasteiger partial charge < -0.3 is 19.3 Å². The van der Waals surface area contributed by atoms with Crippen molar-refractivity contribution in [1.82, 2.24) is 0 Å². The third-order valence-electron chi connectivity index (χ3n) is 2.70. The molecule has 0 aromatic carbocycles. The topological polar surface area (TPSA) is 82.1 Å². The lowest BCUT2D eigenvalue weighted by atomic mass is 9.98. The Hall–Kier alpha value is -1.30. The molecule has 0 aromatic heterocycles. The highest BCUT2D eigenvalue weighted by atomic mass is 16.8. The van der Waals surface area contributed by atoms with Gasteiger partial charge in [-0.2, -0.15) is 0 Å². The van der Waals surface area contributed by atoms with Crippen LogP contribution in [0.2, 0.25) is 0 Å². The first-order valence-electron chi connectivity index (χ1n) is 6.25. The van der Waals surface area contributed by atoms with Gasteiger partial charge in [0.1, 0.15) is 12.2 Å². The van der Waals surface area contributed by atoms with Gasteiger partial charge in [0, 0.05) is 6.92 Å². The molecule has 0 amide bonds. The number of hydrogen-bond acceptors (Lipinski definition) is 6. The van der Waals surface area contributed by atoms with Crippen molar-refractivity contribution >= 4 is 12.1 Å². The summed E-state index contributed by atoms with van der Waals surface area (Å²) in [6, 6.07) is 0. The Morgan fingerprint density at radius 2 is 1.72 bits per heavy atom. The molecule has 0 saturated heterocycles. The average Bonchev–Trinajstić information content (AvgIpc) is 2.29. The van der Waals surface area contributed by atoms with Gasteiger partial charge in [-0.25, -0.2) is 9.59 Å². The summed E-state index contributed by atoms with van der Waals surface area (Å²) in [4.78, 5) is 22.4. The summed E-state index contributed by atoms with van der Waals surface area (Å²) < 4.78 is 14.5. The normalized spacial score (nSPS) is 19.7. The molecule has 0 spiro atoms. The van der Waals surface area contributed by atoms with E-state index >= 15 is 0 Å². The van der Waals surface area contributed by atoms with Gasteiger partial charge in [0.15, 0.2) is 0 Å². The van der Waals surface area contributed by atoms with Gasteiger partial charge in [0.05, 0.1) is 0 Å². The van der Waals surface area contributed by atoms with Gasteiger partial charge >= 0.3 is 12.1 Å². The number of rotatable bonds is 4.